The Hall–Kier alpha value is -2.76. The first-order valence-corrected chi connectivity index (χ1v) is 10.9. The number of benzene rings is 2. The van der Waals surface area contributed by atoms with Gasteiger partial charge in [-0.15, -0.1) is 0 Å². The maximum atomic E-state index is 12.5. The van der Waals surface area contributed by atoms with E-state index in [0.717, 1.165) is 34.7 Å². The van der Waals surface area contributed by atoms with E-state index in [-0.39, 0.29) is 5.91 Å². The molecular formula is C24H22ClN3OS. The zero-order valence-electron chi connectivity index (χ0n) is 17.1. The summed E-state index contributed by atoms with van der Waals surface area (Å²) in [7, 11) is 0. The molecular weight excluding hydrogens is 414 g/mol. The van der Waals surface area contributed by atoms with Gasteiger partial charge in [-0.3, -0.25) is 4.79 Å². The van der Waals surface area contributed by atoms with Crippen molar-refractivity contribution >= 4 is 46.2 Å². The number of thioether (sulfide) groups is 1. The molecule has 2 heterocycles. The lowest BCUT2D eigenvalue weighted by Gasteiger charge is -2.09. The quantitative estimate of drug-likeness (QED) is 0.510. The first-order chi connectivity index (χ1) is 14.4. The normalized spacial score (nSPS) is 16.5. The number of nitrogens with one attached hydrogen (secondary N) is 1. The number of carbonyl (C=O) groups excluding carboxylic acids is 1. The third kappa shape index (κ3) is 4.23. The molecule has 4 nitrogen and oxygen atoms in total. The van der Waals surface area contributed by atoms with E-state index in [4.69, 9.17) is 11.6 Å². The van der Waals surface area contributed by atoms with Gasteiger partial charge in [0.15, 0.2) is 5.17 Å². The molecule has 2 aromatic carbocycles. The molecule has 3 aromatic rings. The monoisotopic (exact) mass is 435 g/mol. The molecule has 1 aromatic heterocycles. The van der Waals surface area contributed by atoms with Gasteiger partial charge in [0, 0.05) is 23.0 Å². The predicted molar refractivity (Wildman–Crippen MR) is 126 cm³/mol. The molecule has 1 amide bonds. The molecule has 30 heavy (non-hydrogen) atoms. The van der Waals surface area contributed by atoms with E-state index in [0.29, 0.717) is 15.1 Å². The minimum absolute atomic E-state index is 0.133. The predicted octanol–water partition coefficient (Wildman–Crippen LogP) is 6.01. The van der Waals surface area contributed by atoms with Crippen LogP contribution in [-0.4, -0.2) is 15.6 Å². The fraction of sp³-hybridized carbons (Fsp3) is 0.167. The maximum absolute atomic E-state index is 12.5. The molecule has 0 bridgehead atoms. The Morgan fingerprint density at radius 3 is 2.63 bits per heavy atom. The summed E-state index contributed by atoms with van der Waals surface area (Å²) in [6.07, 6.45) is 1.94. The molecule has 6 heteroatoms. The molecule has 1 aliphatic heterocycles. The van der Waals surface area contributed by atoms with E-state index in [1.165, 1.54) is 17.3 Å². The molecule has 0 spiro atoms. The zero-order chi connectivity index (χ0) is 21.3. The number of amidine groups is 1. The highest BCUT2D eigenvalue weighted by atomic mass is 35.5. The molecule has 1 saturated heterocycles. The van der Waals surface area contributed by atoms with E-state index in [1.54, 1.807) is 0 Å². The summed E-state index contributed by atoms with van der Waals surface area (Å²) < 4.78 is 2.27. The lowest BCUT2D eigenvalue weighted by Crippen LogP contribution is -2.19. The first-order valence-electron chi connectivity index (χ1n) is 9.67. The summed E-state index contributed by atoms with van der Waals surface area (Å²) in [5.41, 5.74) is 6.23. The molecule has 0 radical (unpaired) electrons. The van der Waals surface area contributed by atoms with Crippen molar-refractivity contribution in [1.29, 1.82) is 0 Å². The van der Waals surface area contributed by atoms with Gasteiger partial charge >= 0.3 is 0 Å². The van der Waals surface area contributed by atoms with Crippen LogP contribution >= 0.6 is 23.4 Å². The number of halogens is 1. The van der Waals surface area contributed by atoms with E-state index in [1.807, 2.05) is 49.4 Å². The molecule has 0 atom stereocenters. The van der Waals surface area contributed by atoms with Crippen LogP contribution in [0.25, 0.3) is 6.08 Å². The van der Waals surface area contributed by atoms with Gasteiger partial charge in [-0.05, 0) is 73.5 Å². The summed E-state index contributed by atoms with van der Waals surface area (Å²) in [5, 5.41) is 4.08. The Bertz CT molecular complexity index is 1180. The lowest BCUT2D eigenvalue weighted by molar-refractivity contribution is -0.115. The Morgan fingerprint density at radius 2 is 1.87 bits per heavy atom. The van der Waals surface area contributed by atoms with Gasteiger partial charge in [0.25, 0.3) is 5.91 Å². The minimum Gasteiger partial charge on any atom is -0.344 e. The second-order valence-corrected chi connectivity index (χ2v) is 8.70. The van der Waals surface area contributed by atoms with Crippen LogP contribution in [0.4, 0.5) is 5.69 Å². The summed E-state index contributed by atoms with van der Waals surface area (Å²) >= 11 is 7.53. The highest BCUT2D eigenvalue weighted by molar-refractivity contribution is 8.18. The Kier molecular flexibility index (Phi) is 5.84. The van der Waals surface area contributed by atoms with Crippen molar-refractivity contribution in [2.24, 2.45) is 4.99 Å². The summed E-state index contributed by atoms with van der Waals surface area (Å²) in [6.45, 7) is 6.90. The van der Waals surface area contributed by atoms with Crippen molar-refractivity contribution in [2.75, 3.05) is 0 Å². The third-order valence-electron chi connectivity index (χ3n) is 5.19. The smallest absolute Gasteiger partial charge is 0.264 e. The average Bonchev–Trinajstić information content (AvgIpc) is 3.20. The van der Waals surface area contributed by atoms with Crippen LogP contribution in [0.3, 0.4) is 0 Å². The SMILES string of the molecule is Cc1c(Cl)cccc1N=C1NC(=O)/C(=C\c2cc(C)n(Cc3ccccc3)c2C)S1. The number of rotatable bonds is 4. The molecule has 1 N–H and O–H groups in total. The van der Waals surface area contributed by atoms with E-state index in [9.17, 15) is 4.79 Å². The van der Waals surface area contributed by atoms with Crippen LogP contribution in [0.2, 0.25) is 5.02 Å². The number of carbonyl (C=O) groups is 1. The Labute approximate surface area is 185 Å². The molecule has 1 fully saturated rings. The Balaban J connectivity index is 1.60. The van der Waals surface area contributed by atoms with Gasteiger partial charge in [-0.25, -0.2) is 4.99 Å². The number of nitrogens with zero attached hydrogens (tertiary/aromatic N) is 2. The summed E-state index contributed by atoms with van der Waals surface area (Å²) in [5.74, 6) is -0.133. The van der Waals surface area contributed by atoms with Crippen molar-refractivity contribution < 1.29 is 4.79 Å². The first kappa shape index (κ1) is 20.5. The molecule has 1 aliphatic rings. The van der Waals surface area contributed by atoms with Gasteiger partial charge in [0.05, 0.1) is 10.6 Å². The van der Waals surface area contributed by atoms with Crippen molar-refractivity contribution in [2.45, 2.75) is 27.3 Å². The molecule has 0 unspecified atom stereocenters. The lowest BCUT2D eigenvalue weighted by atomic mass is 10.2. The van der Waals surface area contributed by atoms with Gasteiger partial charge in [-0.2, -0.15) is 0 Å². The van der Waals surface area contributed by atoms with Gasteiger partial charge in [-0.1, -0.05) is 48.0 Å². The van der Waals surface area contributed by atoms with Crippen molar-refractivity contribution in [3.05, 3.63) is 92.6 Å². The topological polar surface area (TPSA) is 46.4 Å². The van der Waals surface area contributed by atoms with Crippen LogP contribution in [0.1, 0.15) is 28.1 Å². The van der Waals surface area contributed by atoms with Crippen molar-refractivity contribution in [3.8, 4) is 0 Å². The maximum Gasteiger partial charge on any atom is 0.264 e. The second-order valence-electron chi connectivity index (χ2n) is 7.26. The summed E-state index contributed by atoms with van der Waals surface area (Å²) in [6, 6.07) is 18.1. The van der Waals surface area contributed by atoms with Crippen LogP contribution in [0.5, 0.6) is 0 Å². The van der Waals surface area contributed by atoms with Gasteiger partial charge in [0.1, 0.15) is 0 Å². The number of amides is 1. The van der Waals surface area contributed by atoms with Gasteiger partial charge in [0.2, 0.25) is 0 Å². The van der Waals surface area contributed by atoms with E-state index in [2.05, 4.69) is 46.9 Å². The van der Waals surface area contributed by atoms with Crippen LogP contribution in [-0.2, 0) is 11.3 Å². The van der Waals surface area contributed by atoms with E-state index >= 15 is 0 Å². The number of aryl methyl sites for hydroxylation is 1. The van der Waals surface area contributed by atoms with Crippen LogP contribution in [0.15, 0.2) is 64.5 Å². The number of hydrogen-bond acceptors (Lipinski definition) is 3. The zero-order valence-corrected chi connectivity index (χ0v) is 18.6. The number of aromatic nitrogens is 1. The van der Waals surface area contributed by atoms with Crippen LogP contribution in [0, 0.1) is 20.8 Å². The second kappa shape index (κ2) is 8.54. The fourth-order valence-corrected chi connectivity index (χ4v) is 4.43. The molecule has 152 valence electrons. The van der Waals surface area contributed by atoms with Gasteiger partial charge < -0.3 is 9.88 Å². The summed E-state index contributed by atoms with van der Waals surface area (Å²) in [4.78, 5) is 17.7. The largest absolute Gasteiger partial charge is 0.344 e. The standard InChI is InChI=1S/C24H22ClN3OS/c1-15-12-19(17(3)28(15)14-18-8-5-4-6-9-18)13-22-23(29)27-24(30-22)26-21-11-7-10-20(25)16(21)2/h4-13H,14H2,1-3H3,(H,26,27,29)/b22-13+. The number of hydrogen-bond donors (Lipinski definition) is 1. The number of aliphatic imine (C=N–C) groups is 1. The van der Waals surface area contributed by atoms with Crippen LogP contribution < -0.4 is 5.32 Å². The highest BCUT2D eigenvalue weighted by Gasteiger charge is 2.24. The minimum atomic E-state index is -0.133. The van der Waals surface area contributed by atoms with E-state index < -0.39 is 0 Å². The average molecular weight is 436 g/mol. The highest BCUT2D eigenvalue weighted by Crippen LogP contribution is 2.32. The van der Waals surface area contributed by atoms with Crippen molar-refractivity contribution in [1.82, 2.24) is 9.88 Å². The molecule has 4 rings (SSSR count). The Morgan fingerprint density at radius 1 is 1.10 bits per heavy atom. The third-order valence-corrected chi connectivity index (χ3v) is 6.51. The van der Waals surface area contributed by atoms with Crippen molar-refractivity contribution in [3.63, 3.8) is 0 Å². The fourth-order valence-electron chi connectivity index (χ4n) is 3.43. The molecule has 0 aliphatic carbocycles. The molecule has 0 saturated carbocycles.